The van der Waals surface area contributed by atoms with Crippen LogP contribution in [-0.2, 0) is 6.54 Å². The second-order valence-electron chi connectivity index (χ2n) is 5.83. The summed E-state index contributed by atoms with van der Waals surface area (Å²) >= 11 is 0. The number of nitrogens with zero attached hydrogens (tertiary/aromatic N) is 1. The predicted molar refractivity (Wildman–Crippen MR) is 86.0 cm³/mol. The number of carboxylic acid groups (broad SMARTS) is 1. The van der Waals surface area contributed by atoms with Gasteiger partial charge in [-0.15, -0.1) is 0 Å². The van der Waals surface area contributed by atoms with Gasteiger partial charge in [0, 0.05) is 11.3 Å². The number of anilines is 1. The molecule has 0 saturated heterocycles. The van der Waals surface area contributed by atoms with E-state index in [2.05, 4.69) is 51.5 Å². The predicted octanol–water partition coefficient (Wildman–Crippen LogP) is 2.86. The summed E-state index contributed by atoms with van der Waals surface area (Å²) in [6, 6.07) is 16.9. The van der Waals surface area contributed by atoms with Gasteiger partial charge in [-0.05, 0) is 12.1 Å². The smallest absolute Gasteiger partial charge is 0.337 e. The Hall–Kier alpha value is -2.33. The van der Waals surface area contributed by atoms with Gasteiger partial charge in [0.25, 0.3) is 0 Å². The summed E-state index contributed by atoms with van der Waals surface area (Å²) in [5, 5.41) is 8.49. The lowest BCUT2D eigenvalue weighted by molar-refractivity contribution is -0.884. The molecule has 0 aliphatic carbocycles. The van der Waals surface area contributed by atoms with Gasteiger partial charge in [0.15, 0.2) is 0 Å². The number of aromatic carboxylic acids is 1. The fourth-order valence-corrected chi connectivity index (χ4v) is 1.82. The van der Waals surface area contributed by atoms with Crippen LogP contribution in [0.4, 0.5) is 5.69 Å². The van der Waals surface area contributed by atoms with Crippen LogP contribution < -0.4 is 5.73 Å². The SMILES string of the molecule is C[N+](C)(C)Cc1ccccc1.Nc1ccccc1C(=O)O. The first kappa shape index (κ1) is 16.7. The first-order valence-electron chi connectivity index (χ1n) is 6.72. The maximum atomic E-state index is 10.3. The Labute approximate surface area is 126 Å². The molecule has 3 N–H and O–H groups in total. The van der Waals surface area contributed by atoms with Gasteiger partial charge in [-0.1, -0.05) is 42.5 Å². The van der Waals surface area contributed by atoms with Crippen LogP contribution in [0.15, 0.2) is 54.6 Å². The topological polar surface area (TPSA) is 63.3 Å². The summed E-state index contributed by atoms with van der Waals surface area (Å²) in [4.78, 5) is 10.3. The molecule has 2 rings (SSSR count). The zero-order valence-electron chi connectivity index (χ0n) is 12.8. The number of hydrogen-bond acceptors (Lipinski definition) is 2. The molecule has 0 radical (unpaired) electrons. The largest absolute Gasteiger partial charge is 0.478 e. The number of carboxylic acids is 1. The van der Waals surface area contributed by atoms with E-state index in [1.54, 1.807) is 18.2 Å². The van der Waals surface area contributed by atoms with E-state index in [0.29, 0.717) is 5.69 Å². The van der Waals surface area contributed by atoms with E-state index in [1.807, 2.05) is 0 Å². The number of benzene rings is 2. The first-order chi connectivity index (χ1) is 9.79. The van der Waals surface area contributed by atoms with Crippen molar-refractivity contribution in [1.82, 2.24) is 0 Å². The molecule has 4 heteroatoms. The third kappa shape index (κ3) is 6.58. The quantitative estimate of drug-likeness (QED) is 0.674. The number of quaternary nitrogens is 1. The molecular formula is C17H23N2O2+. The lowest BCUT2D eigenvalue weighted by Crippen LogP contribution is -2.33. The molecule has 0 saturated carbocycles. The Balaban J connectivity index is 0.000000211. The van der Waals surface area contributed by atoms with Crippen LogP contribution in [0.25, 0.3) is 0 Å². The average Bonchev–Trinajstić information content (AvgIpc) is 2.39. The summed E-state index contributed by atoms with van der Waals surface area (Å²) in [5.41, 5.74) is 7.20. The minimum atomic E-state index is -0.988. The van der Waals surface area contributed by atoms with Crippen LogP contribution in [0.3, 0.4) is 0 Å². The van der Waals surface area contributed by atoms with Crippen LogP contribution in [0.1, 0.15) is 15.9 Å². The van der Waals surface area contributed by atoms with E-state index in [1.165, 1.54) is 11.6 Å². The second-order valence-corrected chi connectivity index (χ2v) is 5.83. The number of hydrogen-bond donors (Lipinski definition) is 2. The van der Waals surface area contributed by atoms with Gasteiger partial charge in [0.1, 0.15) is 6.54 Å². The number of nitrogen functional groups attached to an aromatic ring is 1. The maximum absolute atomic E-state index is 10.3. The number of nitrogens with two attached hydrogens (primary N) is 1. The fourth-order valence-electron chi connectivity index (χ4n) is 1.82. The number of para-hydroxylation sites is 1. The number of rotatable bonds is 3. The van der Waals surface area contributed by atoms with Crippen molar-refractivity contribution in [2.75, 3.05) is 26.9 Å². The van der Waals surface area contributed by atoms with Crippen molar-refractivity contribution in [2.45, 2.75) is 6.54 Å². The summed E-state index contributed by atoms with van der Waals surface area (Å²) in [5.74, 6) is -0.988. The van der Waals surface area contributed by atoms with Crippen LogP contribution in [-0.4, -0.2) is 36.7 Å². The van der Waals surface area contributed by atoms with Gasteiger partial charge in [-0.2, -0.15) is 0 Å². The summed E-state index contributed by atoms with van der Waals surface area (Å²) in [7, 11) is 6.60. The number of carbonyl (C=O) groups is 1. The lowest BCUT2D eigenvalue weighted by Gasteiger charge is -2.23. The Morgan fingerprint density at radius 1 is 1.00 bits per heavy atom. The standard InChI is InChI=1S/C10H16N.C7H7NO2/c1-11(2,3)9-10-7-5-4-6-8-10;8-6-4-2-1-3-5(6)7(9)10/h4-8H,9H2,1-3H3;1-4H,8H2,(H,9,10)/q+1;. The lowest BCUT2D eigenvalue weighted by atomic mass is 10.2. The molecule has 0 fully saturated rings. The summed E-state index contributed by atoms with van der Waals surface area (Å²) in [6.45, 7) is 1.10. The van der Waals surface area contributed by atoms with E-state index in [4.69, 9.17) is 10.8 Å². The molecule has 2 aromatic carbocycles. The third-order valence-corrected chi connectivity index (χ3v) is 2.69. The van der Waals surface area contributed by atoms with E-state index in [-0.39, 0.29) is 5.56 Å². The molecular weight excluding hydrogens is 264 g/mol. The van der Waals surface area contributed by atoms with E-state index in [0.717, 1.165) is 11.0 Å². The van der Waals surface area contributed by atoms with Crippen LogP contribution in [0.5, 0.6) is 0 Å². The molecule has 0 aromatic heterocycles. The van der Waals surface area contributed by atoms with Crippen molar-refractivity contribution >= 4 is 11.7 Å². The molecule has 0 unspecified atom stereocenters. The van der Waals surface area contributed by atoms with Gasteiger partial charge in [0.05, 0.1) is 26.7 Å². The summed E-state index contributed by atoms with van der Waals surface area (Å²) in [6.07, 6.45) is 0. The van der Waals surface area contributed by atoms with Crippen LogP contribution in [0.2, 0.25) is 0 Å². The van der Waals surface area contributed by atoms with Crippen LogP contribution in [0, 0.1) is 0 Å². The molecule has 2 aromatic rings. The summed E-state index contributed by atoms with van der Waals surface area (Å²) < 4.78 is 0.990. The Kier molecular flexibility index (Phi) is 5.93. The van der Waals surface area contributed by atoms with Gasteiger partial charge in [0.2, 0.25) is 0 Å². The van der Waals surface area contributed by atoms with Gasteiger partial charge in [-0.3, -0.25) is 0 Å². The van der Waals surface area contributed by atoms with Gasteiger partial charge >= 0.3 is 5.97 Å². The maximum Gasteiger partial charge on any atom is 0.337 e. The third-order valence-electron chi connectivity index (χ3n) is 2.69. The Bertz CT molecular complexity index is 575. The second kappa shape index (κ2) is 7.45. The molecule has 21 heavy (non-hydrogen) atoms. The van der Waals surface area contributed by atoms with Crippen LogP contribution >= 0.6 is 0 Å². The van der Waals surface area contributed by atoms with Crippen molar-refractivity contribution in [2.24, 2.45) is 0 Å². The molecule has 0 heterocycles. The van der Waals surface area contributed by atoms with E-state index in [9.17, 15) is 4.79 Å². The highest BCUT2D eigenvalue weighted by atomic mass is 16.4. The highest BCUT2D eigenvalue weighted by Crippen LogP contribution is 2.09. The van der Waals surface area contributed by atoms with Crippen molar-refractivity contribution < 1.29 is 14.4 Å². The van der Waals surface area contributed by atoms with Gasteiger partial charge < -0.3 is 15.3 Å². The highest BCUT2D eigenvalue weighted by Gasteiger charge is 2.06. The highest BCUT2D eigenvalue weighted by molar-refractivity contribution is 5.93. The monoisotopic (exact) mass is 287 g/mol. The van der Waals surface area contributed by atoms with E-state index >= 15 is 0 Å². The normalized spacial score (nSPS) is 10.4. The van der Waals surface area contributed by atoms with Crippen molar-refractivity contribution in [3.8, 4) is 0 Å². The molecule has 112 valence electrons. The molecule has 0 atom stereocenters. The molecule has 0 bridgehead atoms. The average molecular weight is 287 g/mol. The first-order valence-corrected chi connectivity index (χ1v) is 6.72. The zero-order valence-corrected chi connectivity index (χ0v) is 12.8. The van der Waals surface area contributed by atoms with Gasteiger partial charge in [-0.25, -0.2) is 4.79 Å². The van der Waals surface area contributed by atoms with Crippen molar-refractivity contribution in [3.05, 3.63) is 65.7 Å². The Morgan fingerprint density at radius 2 is 1.52 bits per heavy atom. The molecule has 0 amide bonds. The minimum absolute atomic E-state index is 0.155. The Morgan fingerprint density at radius 3 is 1.95 bits per heavy atom. The zero-order chi connectivity index (χ0) is 15.9. The molecule has 4 nitrogen and oxygen atoms in total. The molecule has 0 spiro atoms. The molecule has 0 aliphatic rings. The molecule has 0 aliphatic heterocycles. The minimum Gasteiger partial charge on any atom is -0.478 e. The van der Waals surface area contributed by atoms with E-state index < -0.39 is 5.97 Å². The fraction of sp³-hybridized carbons (Fsp3) is 0.235. The van der Waals surface area contributed by atoms with Crippen molar-refractivity contribution in [3.63, 3.8) is 0 Å². The van der Waals surface area contributed by atoms with Crippen molar-refractivity contribution in [1.29, 1.82) is 0 Å².